The van der Waals surface area contributed by atoms with E-state index in [0.29, 0.717) is 17.5 Å². The molecule has 8 heteroatoms. The number of hydrogen-bond acceptors (Lipinski definition) is 5. The molecular formula is C12H12BrN3O3S. The first-order valence-electron chi connectivity index (χ1n) is 5.75. The van der Waals surface area contributed by atoms with Gasteiger partial charge in [-0.1, -0.05) is 27.7 Å². The number of H-pyrrole nitrogens is 1. The van der Waals surface area contributed by atoms with E-state index in [1.54, 1.807) is 7.05 Å². The van der Waals surface area contributed by atoms with Gasteiger partial charge in [-0.2, -0.15) is 4.98 Å². The number of aromatic nitrogens is 3. The molecule has 0 spiro atoms. The first-order valence-corrected chi connectivity index (χ1v) is 7.52. The van der Waals surface area contributed by atoms with Crippen molar-refractivity contribution in [2.24, 2.45) is 7.05 Å². The summed E-state index contributed by atoms with van der Waals surface area (Å²) in [6, 6.07) is 7.52. The minimum Gasteiger partial charge on any atom is -0.493 e. The Morgan fingerprint density at radius 1 is 1.35 bits per heavy atom. The van der Waals surface area contributed by atoms with Crippen LogP contribution in [0.2, 0.25) is 0 Å². The summed E-state index contributed by atoms with van der Waals surface area (Å²) in [5.74, 6) is 1.39. The summed E-state index contributed by atoms with van der Waals surface area (Å²) < 4.78 is 7.96. The molecule has 0 amide bonds. The summed E-state index contributed by atoms with van der Waals surface area (Å²) in [5, 5.41) is 2.84. The fourth-order valence-corrected chi connectivity index (χ4v) is 2.41. The molecule has 0 saturated heterocycles. The molecule has 1 aromatic carbocycles. The summed E-state index contributed by atoms with van der Waals surface area (Å²) in [6.07, 6.45) is 0. The van der Waals surface area contributed by atoms with Gasteiger partial charge in [-0.25, -0.2) is 0 Å². The Hall–Kier alpha value is -1.54. The molecule has 0 aliphatic heterocycles. The van der Waals surface area contributed by atoms with Crippen LogP contribution in [-0.2, 0) is 7.05 Å². The number of nitrogens with one attached hydrogen (secondary N) is 1. The average Bonchev–Trinajstić information content (AvgIpc) is 2.42. The van der Waals surface area contributed by atoms with Crippen LogP contribution in [0.25, 0.3) is 0 Å². The van der Waals surface area contributed by atoms with Crippen molar-refractivity contribution in [3.05, 3.63) is 49.4 Å². The van der Waals surface area contributed by atoms with Crippen LogP contribution >= 0.6 is 27.7 Å². The number of rotatable bonds is 5. The van der Waals surface area contributed by atoms with Gasteiger partial charge in [-0.15, -0.1) is 0 Å². The third-order valence-electron chi connectivity index (χ3n) is 2.34. The Morgan fingerprint density at radius 3 is 2.75 bits per heavy atom. The van der Waals surface area contributed by atoms with E-state index in [-0.39, 0.29) is 0 Å². The molecule has 0 radical (unpaired) electrons. The van der Waals surface area contributed by atoms with Crippen molar-refractivity contribution in [3.8, 4) is 5.75 Å². The summed E-state index contributed by atoms with van der Waals surface area (Å²) in [4.78, 5) is 25.9. The minimum absolute atomic E-state index is 0.453. The quantitative estimate of drug-likeness (QED) is 0.497. The highest BCUT2D eigenvalue weighted by molar-refractivity contribution is 9.10. The van der Waals surface area contributed by atoms with Crippen LogP contribution in [-0.4, -0.2) is 27.1 Å². The maximum Gasteiger partial charge on any atom is 0.339 e. The first kappa shape index (κ1) is 14.9. The van der Waals surface area contributed by atoms with Crippen molar-refractivity contribution in [3.63, 3.8) is 0 Å². The van der Waals surface area contributed by atoms with E-state index in [2.05, 4.69) is 26.0 Å². The van der Waals surface area contributed by atoms with E-state index in [1.165, 1.54) is 16.4 Å². The second-order valence-electron chi connectivity index (χ2n) is 3.85. The molecule has 0 saturated carbocycles. The molecule has 1 N–H and O–H groups in total. The zero-order valence-corrected chi connectivity index (χ0v) is 13.0. The zero-order chi connectivity index (χ0) is 14.5. The van der Waals surface area contributed by atoms with Crippen LogP contribution in [0.1, 0.15) is 0 Å². The van der Waals surface area contributed by atoms with Crippen molar-refractivity contribution >= 4 is 27.7 Å². The number of benzene rings is 1. The molecule has 1 aromatic heterocycles. The van der Waals surface area contributed by atoms with Crippen LogP contribution < -0.4 is 15.9 Å². The lowest BCUT2D eigenvalue weighted by molar-refractivity contribution is 0.343. The van der Waals surface area contributed by atoms with E-state index < -0.39 is 11.1 Å². The molecular weight excluding hydrogens is 346 g/mol. The second kappa shape index (κ2) is 6.76. The SMILES string of the molecule is Cn1[nH]c(=O)c(=O)nc1SCCOc1ccc(Br)cc1. The van der Waals surface area contributed by atoms with Crippen molar-refractivity contribution < 1.29 is 4.74 Å². The number of hydrogen-bond donors (Lipinski definition) is 1. The number of ether oxygens (including phenoxy) is 1. The Kier molecular flexibility index (Phi) is 5.02. The van der Waals surface area contributed by atoms with E-state index in [9.17, 15) is 9.59 Å². The summed E-state index contributed by atoms with van der Waals surface area (Å²) >= 11 is 4.69. The molecule has 0 unspecified atom stereocenters. The maximum absolute atomic E-state index is 11.2. The first-order chi connectivity index (χ1) is 9.56. The molecule has 0 fully saturated rings. The molecule has 0 atom stereocenters. The highest BCUT2D eigenvalue weighted by atomic mass is 79.9. The van der Waals surface area contributed by atoms with Crippen LogP contribution in [0.15, 0.2) is 43.5 Å². The lowest BCUT2D eigenvalue weighted by Gasteiger charge is -2.07. The fraction of sp³-hybridized carbons (Fsp3) is 0.250. The topological polar surface area (TPSA) is 77.0 Å². The van der Waals surface area contributed by atoms with Crippen molar-refractivity contribution in [1.82, 2.24) is 14.8 Å². The molecule has 106 valence electrons. The van der Waals surface area contributed by atoms with E-state index in [4.69, 9.17) is 4.74 Å². The monoisotopic (exact) mass is 357 g/mol. The predicted molar refractivity (Wildman–Crippen MR) is 80.5 cm³/mol. The van der Waals surface area contributed by atoms with Crippen molar-refractivity contribution in [2.75, 3.05) is 12.4 Å². The Bertz CT molecular complexity index is 696. The van der Waals surface area contributed by atoms with E-state index in [0.717, 1.165) is 10.2 Å². The molecule has 1 heterocycles. The van der Waals surface area contributed by atoms with Crippen LogP contribution in [0.5, 0.6) is 5.75 Å². The maximum atomic E-state index is 11.2. The van der Waals surface area contributed by atoms with Crippen molar-refractivity contribution in [1.29, 1.82) is 0 Å². The number of halogens is 1. The number of aryl methyl sites for hydroxylation is 1. The second-order valence-corrected chi connectivity index (χ2v) is 5.83. The molecule has 2 aromatic rings. The molecule has 6 nitrogen and oxygen atoms in total. The Balaban J connectivity index is 1.87. The lowest BCUT2D eigenvalue weighted by Crippen LogP contribution is -2.33. The number of nitrogens with zero attached hydrogens (tertiary/aromatic N) is 2. The van der Waals surface area contributed by atoms with Gasteiger partial charge in [0.25, 0.3) is 0 Å². The predicted octanol–water partition coefficient (Wildman–Crippen LogP) is 1.40. The number of aromatic amines is 1. The average molecular weight is 358 g/mol. The van der Waals surface area contributed by atoms with E-state index >= 15 is 0 Å². The summed E-state index contributed by atoms with van der Waals surface area (Å²) in [5.41, 5.74) is -1.50. The van der Waals surface area contributed by atoms with Gasteiger partial charge in [0.15, 0.2) is 5.16 Å². The fourth-order valence-electron chi connectivity index (χ4n) is 1.41. The van der Waals surface area contributed by atoms with Gasteiger partial charge in [0.1, 0.15) is 5.75 Å². The van der Waals surface area contributed by atoms with Gasteiger partial charge >= 0.3 is 11.1 Å². The van der Waals surface area contributed by atoms with Gasteiger partial charge in [-0.3, -0.25) is 19.4 Å². The summed E-state index contributed by atoms with van der Waals surface area (Å²) in [7, 11) is 1.63. The molecule has 0 aliphatic carbocycles. The largest absolute Gasteiger partial charge is 0.493 e. The molecule has 0 aliphatic rings. The van der Waals surface area contributed by atoms with Crippen LogP contribution in [0.4, 0.5) is 0 Å². The summed E-state index contributed by atoms with van der Waals surface area (Å²) in [6.45, 7) is 0.474. The third-order valence-corrected chi connectivity index (χ3v) is 3.87. The minimum atomic E-state index is -0.778. The molecule has 2 rings (SSSR count). The molecule has 0 bridgehead atoms. The van der Waals surface area contributed by atoms with Crippen molar-refractivity contribution in [2.45, 2.75) is 5.16 Å². The highest BCUT2D eigenvalue weighted by Gasteiger charge is 2.04. The molecule has 20 heavy (non-hydrogen) atoms. The highest BCUT2D eigenvalue weighted by Crippen LogP contribution is 2.17. The van der Waals surface area contributed by atoms with Gasteiger partial charge < -0.3 is 4.74 Å². The standard InChI is InChI=1S/C12H12BrN3O3S/c1-16-12(14-10(17)11(18)15-16)20-7-6-19-9-4-2-8(13)3-5-9/h2-5H,6-7H2,1H3,(H,15,18). The van der Waals surface area contributed by atoms with Gasteiger partial charge in [0.2, 0.25) is 0 Å². The van der Waals surface area contributed by atoms with Gasteiger partial charge in [0.05, 0.1) is 6.61 Å². The number of thioether (sulfide) groups is 1. The smallest absolute Gasteiger partial charge is 0.339 e. The van der Waals surface area contributed by atoms with Gasteiger partial charge in [-0.05, 0) is 24.3 Å². The Morgan fingerprint density at radius 2 is 2.05 bits per heavy atom. The van der Waals surface area contributed by atoms with Crippen LogP contribution in [0, 0.1) is 0 Å². The normalized spacial score (nSPS) is 10.5. The third kappa shape index (κ3) is 3.97. The van der Waals surface area contributed by atoms with Gasteiger partial charge in [0, 0.05) is 17.3 Å². The van der Waals surface area contributed by atoms with Crippen LogP contribution in [0.3, 0.4) is 0 Å². The Labute approximate surface area is 127 Å². The lowest BCUT2D eigenvalue weighted by atomic mass is 10.3. The zero-order valence-electron chi connectivity index (χ0n) is 10.6. The van der Waals surface area contributed by atoms with E-state index in [1.807, 2.05) is 24.3 Å².